The standard InChI is InChI=1S/C26H40N2O15/c1-11(29)36-9-18-17(23(38-13(3)31)22(28)26(43-18)41-16(6)34)7-35-8-19-21(27)25(40-15(5)33)24(39-14(4)32)20(42-19)10-37-12(2)30/h17-26H,7-10,27-28H2,1-6H3. The molecule has 0 aliphatic carbocycles. The fourth-order valence-electron chi connectivity index (χ4n) is 4.72. The van der Waals surface area contributed by atoms with Crippen LogP contribution in [0.4, 0.5) is 0 Å². The fraction of sp³-hybridized carbons (Fsp3) is 0.769. The third kappa shape index (κ3) is 11.0. The number of rotatable bonds is 12. The van der Waals surface area contributed by atoms with Crippen LogP contribution in [0.1, 0.15) is 41.5 Å². The minimum Gasteiger partial charge on any atom is -0.463 e. The number of nitrogens with two attached hydrogens (primary N) is 2. The molecule has 0 saturated carbocycles. The van der Waals surface area contributed by atoms with Crippen molar-refractivity contribution in [2.45, 2.75) is 96.5 Å². The lowest BCUT2D eigenvalue weighted by atomic mass is 9.88. The van der Waals surface area contributed by atoms with E-state index < -0.39 is 96.7 Å². The molecule has 4 N–H and O–H groups in total. The minimum absolute atomic E-state index is 0.211. The third-order valence-corrected chi connectivity index (χ3v) is 6.43. The van der Waals surface area contributed by atoms with Crippen molar-refractivity contribution in [3.63, 3.8) is 0 Å². The van der Waals surface area contributed by atoms with Crippen molar-refractivity contribution in [3.8, 4) is 0 Å². The van der Waals surface area contributed by atoms with Gasteiger partial charge in [0.2, 0.25) is 6.29 Å². The Balaban J connectivity index is 2.28. The van der Waals surface area contributed by atoms with E-state index in [1.54, 1.807) is 0 Å². The lowest BCUT2D eigenvalue weighted by Gasteiger charge is -2.45. The van der Waals surface area contributed by atoms with Crippen LogP contribution in [0.15, 0.2) is 0 Å². The summed E-state index contributed by atoms with van der Waals surface area (Å²) in [5.74, 6) is -4.90. The Morgan fingerprint density at radius 1 is 0.512 bits per heavy atom. The molecule has 2 rings (SSSR count). The van der Waals surface area contributed by atoms with E-state index in [1.165, 1.54) is 13.8 Å². The van der Waals surface area contributed by atoms with Crippen LogP contribution in [0.3, 0.4) is 0 Å². The molecule has 0 aromatic heterocycles. The summed E-state index contributed by atoms with van der Waals surface area (Å²) in [4.78, 5) is 70.2. The van der Waals surface area contributed by atoms with E-state index >= 15 is 0 Å². The van der Waals surface area contributed by atoms with Crippen molar-refractivity contribution in [2.75, 3.05) is 26.4 Å². The molecule has 2 aliphatic rings. The quantitative estimate of drug-likeness (QED) is 0.182. The average molecular weight is 621 g/mol. The maximum Gasteiger partial charge on any atom is 0.304 e. The number of esters is 6. The van der Waals surface area contributed by atoms with Gasteiger partial charge in [-0.25, -0.2) is 0 Å². The summed E-state index contributed by atoms with van der Waals surface area (Å²) in [6.07, 6.45) is -7.86. The number of ether oxygens (including phenoxy) is 9. The summed E-state index contributed by atoms with van der Waals surface area (Å²) < 4.78 is 49.1. The molecule has 43 heavy (non-hydrogen) atoms. The molecule has 2 heterocycles. The van der Waals surface area contributed by atoms with Gasteiger partial charge in [-0.15, -0.1) is 0 Å². The van der Waals surface area contributed by atoms with Crippen LogP contribution in [0.25, 0.3) is 0 Å². The van der Waals surface area contributed by atoms with Gasteiger partial charge in [0.1, 0.15) is 43.7 Å². The smallest absolute Gasteiger partial charge is 0.304 e. The molecular formula is C26H40N2O15. The Kier molecular flexibility index (Phi) is 13.7. The van der Waals surface area contributed by atoms with Crippen molar-refractivity contribution in [1.82, 2.24) is 0 Å². The zero-order valence-electron chi connectivity index (χ0n) is 24.9. The molecule has 0 aromatic rings. The molecule has 10 atom stereocenters. The molecular weight excluding hydrogens is 580 g/mol. The van der Waals surface area contributed by atoms with Gasteiger partial charge in [-0.3, -0.25) is 28.8 Å². The lowest BCUT2D eigenvalue weighted by Crippen LogP contribution is -2.65. The fourth-order valence-corrected chi connectivity index (χ4v) is 4.72. The predicted molar refractivity (Wildman–Crippen MR) is 139 cm³/mol. The molecule has 17 heteroatoms. The van der Waals surface area contributed by atoms with E-state index in [0.29, 0.717) is 0 Å². The summed E-state index contributed by atoms with van der Waals surface area (Å²) >= 11 is 0. The zero-order chi connectivity index (χ0) is 32.4. The lowest BCUT2D eigenvalue weighted by molar-refractivity contribution is -0.258. The molecule has 2 fully saturated rings. The Morgan fingerprint density at radius 3 is 1.51 bits per heavy atom. The van der Waals surface area contributed by atoms with Crippen molar-refractivity contribution in [3.05, 3.63) is 0 Å². The van der Waals surface area contributed by atoms with Gasteiger partial charge in [0.15, 0.2) is 12.2 Å². The first-order valence-corrected chi connectivity index (χ1v) is 13.5. The van der Waals surface area contributed by atoms with E-state index in [2.05, 4.69) is 0 Å². The second-order valence-electron chi connectivity index (χ2n) is 10.0. The van der Waals surface area contributed by atoms with Gasteiger partial charge in [0.05, 0.1) is 25.2 Å². The van der Waals surface area contributed by atoms with Gasteiger partial charge in [-0.1, -0.05) is 0 Å². The highest BCUT2D eigenvalue weighted by molar-refractivity contribution is 5.68. The molecule has 0 spiro atoms. The Morgan fingerprint density at radius 2 is 1.00 bits per heavy atom. The molecule has 0 radical (unpaired) electrons. The predicted octanol–water partition coefficient (Wildman–Crippen LogP) is -1.75. The monoisotopic (exact) mass is 620 g/mol. The normalized spacial score (nSPS) is 32.1. The largest absolute Gasteiger partial charge is 0.463 e. The number of hydrogen-bond donors (Lipinski definition) is 2. The van der Waals surface area contributed by atoms with E-state index in [1.807, 2.05) is 0 Å². The van der Waals surface area contributed by atoms with Gasteiger partial charge in [-0.2, -0.15) is 0 Å². The van der Waals surface area contributed by atoms with Crippen LogP contribution in [-0.2, 0) is 71.4 Å². The average Bonchev–Trinajstić information content (AvgIpc) is 2.88. The SMILES string of the molecule is CC(=O)OCC1OC(OC(C)=O)C(N)C(OC(C)=O)C1COCC1OC(COC(C)=O)C(OC(C)=O)C(OC(C)=O)C1N. The number of hydrogen-bond acceptors (Lipinski definition) is 17. The van der Waals surface area contributed by atoms with E-state index in [9.17, 15) is 28.8 Å². The summed E-state index contributed by atoms with van der Waals surface area (Å²) in [5.41, 5.74) is 12.6. The van der Waals surface area contributed by atoms with Crippen molar-refractivity contribution in [2.24, 2.45) is 17.4 Å². The molecule has 244 valence electrons. The second kappa shape index (κ2) is 16.5. The van der Waals surface area contributed by atoms with Crippen molar-refractivity contribution < 1.29 is 71.4 Å². The van der Waals surface area contributed by atoms with Crippen LogP contribution < -0.4 is 11.5 Å². The van der Waals surface area contributed by atoms with Gasteiger partial charge in [0, 0.05) is 41.5 Å². The van der Waals surface area contributed by atoms with Crippen LogP contribution >= 0.6 is 0 Å². The van der Waals surface area contributed by atoms with Crippen LogP contribution in [-0.4, -0.2) is 117 Å². The van der Waals surface area contributed by atoms with E-state index in [0.717, 1.165) is 27.7 Å². The highest BCUT2D eigenvalue weighted by Gasteiger charge is 2.50. The zero-order valence-corrected chi connectivity index (χ0v) is 24.9. The van der Waals surface area contributed by atoms with E-state index in [4.69, 9.17) is 54.1 Å². The Labute approximate surface area is 248 Å². The first-order chi connectivity index (χ1) is 20.1. The highest BCUT2D eigenvalue weighted by atomic mass is 16.7. The third-order valence-electron chi connectivity index (χ3n) is 6.43. The molecule has 0 aromatic carbocycles. The van der Waals surface area contributed by atoms with Crippen LogP contribution in [0, 0.1) is 5.92 Å². The molecule has 2 saturated heterocycles. The maximum absolute atomic E-state index is 11.9. The maximum atomic E-state index is 11.9. The van der Waals surface area contributed by atoms with Crippen molar-refractivity contribution in [1.29, 1.82) is 0 Å². The number of carbonyl (C=O) groups is 6. The van der Waals surface area contributed by atoms with E-state index in [-0.39, 0.29) is 26.4 Å². The van der Waals surface area contributed by atoms with Crippen LogP contribution in [0.2, 0.25) is 0 Å². The molecule has 0 bridgehead atoms. The Hall–Kier alpha value is -3.38. The van der Waals surface area contributed by atoms with Crippen LogP contribution in [0.5, 0.6) is 0 Å². The molecule has 0 amide bonds. The Bertz CT molecular complexity index is 1020. The summed E-state index contributed by atoms with van der Waals surface area (Å²) in [5, 5.41) is 0. The van der Waals surface area contributed by atoms with Gasteiger partial charge in [-0.05, 0) is 0 Å². The second-order valence-corrected chi connectivity index (χ2v) is 10.0. The topological polar surface area (TPSA) is 238 Å². The van der Waals surface area contributed by atoms with Gasteiger partial charge in [0.25, 0.3) is 0 Å². The minimum atomic E-state index is -1.32. The van der Waals surface area contributed by atoms with Crippen molar-refractivity contribution >= 4 is 35.8 Å². The summed E-state index contributed by atoms with van der Waals surface area (Å²) in [6.45, 7) is 5.84. The molecule has 17 nitrogen and oxygen atoms in total. The van der Waals surface area contributed by atoms with Gasteiger partial charge >= 0.3 is 35.8 Å². The van der Waals surface area contributed by atoms with Gasteiger partial charge < -0.3 is 54.1 Å². The summed E-state index contributed by atoms with van der Waals surface area (Å²) in [7, 11) is 0. The highest BCUT2D eigenvalue weighted by Crippen LogP contribution is 2.31. The first-order valence-electron chi connectivity index (χ1n) is 13.5. The number of carbonyl (C=O) groups excluding carboxylic acids is 6. The molecule has 10 unspecified atom stereocenters. The summed E-state index contributed by atoms with van der Waals surface area (Å²) in [6, 6.07) is -2.20. The molecule has 2 aliphatic heterocycles. The first kappa shape index (κ1) is 35.8.